The lowest BCUT2D eigenvalue weighted by Gasteiger charge is -2.35. The molecule has 1 aromatic heterocycles. The first-order chi connectivity index (χ1) is 11.7. The molecule has 1 atom stereocenters. The van der Waals surface area contributed by atoms with Crippen molar-refractivity contribution >= 4 is 29.7 Å². The zero-order chi connectivity index (χ0) is 16.9. The molecule has 0 aliphatic carbocycles. The van der Waals surface area contributed by atoms with Crippen molar-refractivity contribution in [1.29, 1.82) is 0 Å². The number of halogens is 1. The van der Waals surface area contributed by atoms with Crippen LogP contribution in [-0.4, -0.2) is 34.9 Å². The normalized spacial score (nSPS) is 17.2. The van der Waals surface area contributed by atoms with Gasteiger partial charge in [-0.3, -0.25) is 4.79 Å². The summed E-state index contributed by atoms with van der Waals surface area (Å²) in [4.78, 5) is 19.2. The van der Waals surface area contributed by atoms with Gasteiger partial charge in [-0.25, -0.2) is 4.98 Å². The molecule has 1 saturated heterocycles. The number of carbonyl (C=O) groups is 1. The molecular weight excluding hydrogens is 354 g/mol. The van der Waals surface area contributed by atoms with E-state index >= 15 is 0 Å². The minimum Gasteiger partial charge on any atom is -0.338 e. The second-order valence-corrected chi connectivity index (χ2v) is 7.20. The van der Waals surface area contributed by atoms with E-state index in [0.717, 1.165) is 42.1 Å². The summed E-state index contributed by atoms with van der Waals surface area (Å²) in [6, 6.07) is 8.70. The standard InChI is InChI=1S/C19H25N3OS.ClH/c1-2-14-6-8-15(9-7-14)19-21-16(13-24-19)11-18(23)22-10-4-3-5-17(22)12-20;/h6-9,13,17H,2-5,10-12,20H2,1H3;1H. The highest BCUT2D eigenvalue weighted by Gasteiger charge is 2.25. The third kappa shape index (κ3) is 4.81. The Morgan fingerprint density at radius 1 is 1.32 bits per heavy atom. The molecule has 136 valence electrons. The van der Waals surface area contributed by atoms with Crippen LogP contribution in [0.3, 0.4) is 0 Å². The molecule has 6 heteroatoms. The molecule has 1 unspecified atom stereocenters. The maximum atomic E-state index is 12.6. The number of nitrogens with zero attached hydrogens (tertiary/aromatic N) is 2. The van der Waals surface area contributed by atoms with E-state index in [0.29, 0.717) is 13.0 Å². The van der Waals surface area contributed by atoms with Crippen molar-refractivity contribution in [3.8, 4) is 10.6 Å². The molecule has 1 fully saturated rings. The lowest BCUT2D eigenvalue weighted by Crippen LogP contribution is -2.48. The lowest BCUT2D eigenvalue weighted by molar-refractivity contribution is -0.133. The molecule has 2 heterocycles. The van der Waals surface area contributed by atoms with Crippen molar-refractivity contribution < 1.29 is 4.79 Å². The van der Waals surface area contributed by atoms with Gasteiger partial charge in [-0.2, -0.15) is 0 Å². The third-order valence-electron chi connectivity index (χ3n) is 4.71. The van der Waals surface area contributed by atoms with Crippen LogP contribution in [0, 0.1) is 0 Å². The van der Waals surface area contributed by atoms with E-state index in [4.69, 9.17) is 5.73 Å². The van der Waals surface area contributed by atoms with Crippen LogP contribution in [0.2, 0.25) is 0 Å². The Hall–Kier alpha value is -1.43. The van der Waals surface area contributed by atoms with E-state index in [-0.39, 0.29) is 24.4 Å². The number of rotatable bonds is 5. The molecule has 25 heavy (non-hydrogen) atoms. The number of thiazole rings is 1. The van der Waals surface area contributed by atoms with Gasteiger partial charge in [0.05, 0.1) is 12.1 Å². The Morgan fingerprint density at radius 3 is 2.76 bits per heavy atom. The van der Waals surface area contributed by atoms with Crippen LogP contribution < -0.4 is 5.73 Å². The summed E-state index contributed by atoms with van der Waals surface area (Å²) in [5.74, 6) is 0.156. The van der Waals surface area contributed by atoms with Crippen LogP contribution in [0.4, 0.5) is 0 Å². The molecule has 4 nitrogen and oxygen atoms in total. The fourth-order valence-electron chi connectivity index (χ4n) is 3.23. The summed E-state index contributed by atoms with van der Waals surface area (Å²) < 4.78 is 0. The summed E-state index contributed by atoms with van der Waals surface area (Å²) in [6.07, 6.45) is 4.68. The summed E-state index contributed by atoms with van der Waals surface area (Å²) >= 11 is 1.60. The van der Waals surface area contributed by atoms with Gasteiger partial charge in [0.1, 0.15) is 5.01 Å². The van der Waals surface area contributed by atoms with E-state index in [9.17, 15) is 4.79 Å². The molecule has 0 saturated carbocycles. The number of nitrogens with two attached hydrogens (primary N) is 1. The maximum Gasteiger partial charge on any atom is 0.228 e. The van der Waals surface area contributed by atoms with Crippen LogP contribution in [0.5, 0.6) is 0 Å². The van der Waals surface area contributed by atoms with Gasteiger partial charge < -0.3 is 10.6 Å². The van der Waals surface area contributed by atoms with Crippen molar-refractivity contribution in [2.45, 2.75) is 45.1 Å². The average Bonchev–Trinajstić information content (AvgIpc) is 3.10. The number of hydrogen-bond donors (Lipinski definition) is 1. The zero-order valence-corrected chi connectivity index (χ0v) is 16.2. The fourth-order valence-corrected chi connectivity index (χ4v) is 4.06. The third-order valence-corrected chi connectivity index (χ3v) is 5.65. The highest BCUT2D eigenvalue weighted by molar-refractivity contribution is 7.13. The van der Waals surface area contributed by atoms with Crippen LogP contribution >= 0.6 is 23.7 Å². The predicted molar refractivity (Wildman–Crippen MR) is 106 cm³/mol. The largest absolute Gasteiger partial charge is 0.338 e. The molecule has 3 rings (SSSR count). The molecule has 2 N–H and O–H groups in total. The van der Waals surface area contributed by atoms with Crippen LogP contribution in [-0.2, 0) is 17.6 Å². The highest BCUT2D eigenvalue weighted by Crippen LogP contribution is 2.25. The summed E-state index contributed by atoms with van der Waals surface area (Å²) in [5, 5.41) is 2.98. The number of likely N-dealkylation sites (tertiary alicyclic amines) is 1. The Labute approximate surface area is 159 Å². The second-order valence-electron chi connectivity index (χ2n) is 6.34. The minimum absolute atomic E-state index is 0. The first-order valence-corrected chi connectivity index (χ1v) is 9.62. The van der Waals surface area contributed by atoms with Gasteiger partial charge in [0.2, 0.25) is 5.91 Å². The quantitative estimate of drug-likeness (QED) is 0.862. The van der Waals surface area contributed by atoms with Crippen LogP contribution in [0.25, 0.3) is 10.6 Å². The molecular formula is C19H26ClN3OS. The van der Waals surface area contributed by atoms with Gasteiger partial charge in [0.25, 0.3) is 0 Å². The SMILES string of the molecule is CCc1ccc(-c2nc(CC(=O)N3CCCCC3CN)cs2)cc1.Cl. The maximum absolute atomic E-state index is 12.6. The molecule has 2 aromatic rings. The van der Waals surface area contributed by atoms with Crippen molar-refractivity contribution in [3.05, 3.63) is 40.9 Å². The fraction of sp³-hybridized carbons (Fsp3) is 0.474. The monoisotopic (exact) mass is 379 g/mol. The van der Waals surface area contributed by atoms with Gasteiger partial charge >= 0.3 is 0 Å². The number of hydrogen-bond acceptors (Lipinski definition) is 4. The van der Waals surface area contributed by atoms with Gasteiger partial charge in [-0.15, -0.1) is 23.7 Å². The topological polar surface area (TPSA) is 59.2 Å². The van der Waals surface area contributed by atoms with Gasteiger partial charge in [-0.1, -0.05) is 31.2 Å². The van der Waals surface area contributed by atoms with Gasteiger partial charge in [0, 0.05) is 30.1 Å². The van der Waals surface area contributed by atoms with Crippen molar-refractivity contribution in [2.24, 2.45) is 5.73 Å². The summed E-state index contributed by atoms with van der Waals surface area (Å²) in [5.41, 5.74) is 9.13. The Bertz CT molecular complexity index is 686. The smallest absolute Gasteiger partial charge is 0.228 e. The minimum atomic E-state index is 0. The Kier molecular flexibility index (Phi) is 7.41. The van der Waals surface area contributed by atoms with Gasteiger partial charge in [0.15, 0.2) is 0 Å². The first-order valence-electron chi connectivity index (χ1n) is 8.74. The molecule has 0 spiro atoms. The number of amides is 1. The number of aryl methyl sites for hydroxylation is 1. The zero-order valence-electron chi connectivity index (χ0n) is 14.6. The van der Waals surface area contributed by atoms with E-state index < -0.39 is 0 Å². The molecule has 1 amide bonds. The van der Waals surface area contributed by atoms with E-state index in [1.54, 1.807) is 11.3 Å². The van der Waals surface area contributed by atoms with Crippen molar-refractivity contribution in [1.82, 2.24) is 9.88 Å². The Balaban J connectivity index is 0.00000225. The van der Waals surface area contributed by atoms with Crippen molar-refractivity contribution in [3.63, 3.8) is 0 Å². The summed E-state index contributed by atoms with van der Waals surface area (Å²) in [7, 11) is 0. The number of aromatic nitrogens is 1. The van der Waals surface area contributed by atoms with Crippen molar-refractivity contribution in [2.75, 3.05) is 13.1 Å². The highest BCUT2D eigenvalue weighted by atomic mass is 35.5. The number of carbonyl (C=O) groups excluding carboxylic acids is 1. The van der Waals surface area contributed by atoms with E-state index in [1.807, 2.05) is 10.3 Å². The molecule has 0 radical (unpaired) electrons. The summed E-state index contributed by atoms with van der Waals surface area (Å²) in [6.45, 7) is 3.53. The second kappa shape index (κ2) is 9.32. The predicted octanol–water partition coefficient (Wildman–Crippen LogP) is 3.68. The van der Waals surface area contributed by atoms with E-state index in [2.05, 4.69) is 36.2 Å². The molecule has 1 aliphatic heterocycles. The van der Waals surface area contributed by atoms with Crippen LogP contribution in [0.15, 0.2) is 29.6 Å². The van der Waals surface area contributed by atoms with Gasteiger partial charge in [-0.05, 0) is 31.2 Å². The lowest BCUT2D eigenvalue weighted by atomic mass is 10.0. The number of benzene rings is 1. The Morgan fingerprint density at radius 2 is 2.08 bits per heavy atom. The van der Waals surface area contributed by atoms with Crippen LogP contribution in [0.1, 0.15) is 37.4 Å². The first kappa shape index (κ1) is 19.9. The molecule has 1 aromatic carbocycles. The van der Waals surface area contributed by atoms with E-state index in [1.165, 1.54) is 12.0 Å². The molecule has 0 bridgehead atoms. The average molecular weight is 380 g/mol. The number of piperidine rings is 1. The molecule has 1 aliphatic rings.